The van der Waals surface area contributed by atoms with Crippen molar-refractivity contribution >= 4 is 11.9 Å². The summed E-state index contributed by atoms with van der Waals surface area (Å²) in [5, 5.41) is 9.93. The van der Waals surface area contributed by atoms with E-state index in [-0.39, 0.29) is 12.5 Å². The zero-order valence-corrected chi connectivity index (χ0v) is 18.0. The Hall–Kier alpha value is -2.28. The summed E-state index contributed by atoms with van der Waals surface area (Å²) in [6, 6.07) is 9.48. The van der Waals surface area contributed by atoms with Gasteiger partial charge in [-0.05, 0) is 49.8 Å². The molecule has 1 amide bonds. The molecule has 0 aromatic heterocycles. The molecule has 1 aromatic rings. The third kappa shape index (κ3) is 6.11. The van der Waals surface area contributed by atoms with Crippen molar-refractivity contribution in [3.63, 3.8) is 0 Å². The van der Waals surface area contributed by atoms with Crippen LogP contribution in [0, 0.1) is 0 Å². The number of benzene rings is 1. The standard InChI is InChI=1S/C23H35N5O2/c1-24-23(27-19-11-12-28(15-19)20-6-2-3-7-20)25-14-17-5-4-8-21(13-17)30-16-22(29)26-18-9-10-18/h4-5,8,13,18-20H,2-3,6-7,9-12,14-16H2,1H3,(H,26,29)(H2,24,25,27). The largest absolute Gasteiger partial charge is 0.484 e. The molecular formula is C23H35N5O2. The van der Waals surface area contributed by atoms with Gasteiger partial charge in [-0.3, -0.25) is 14.7 Å². The summed E-state index contributed by atoms with van der Waals surface area (Å²) in [5.74, 6) is 1.50. The zero-order valence-electron chi connectivity index (χ0n) is 18.0. The average molecular weight is 414 g/mol. The third-order valence-electron chi connectivity index (χ3n) is 6.30. The number of hydrogen-bond donors (Lipinski definition) is 3. The number of rotatable bonds is 8. The zero-order chi connectivity index (χ0) is 20.8. The number of hydrogen-bond acceptors (Lipinski definition) is 4. The molecule has 1 heterocycles. The van der Waals surface area contributed by atoms with Crippen molar-refractivity contribution in [1.82, 2.24) is 20.9 Å². The van der Waals surface area contributed by atoms with Crippen LogP contribution in [0.15, 0.2) is 29.3 Å². The minimum absolute atomic E-state index is 0.0474. The maximum Gasteiger partial charge on any atom is 0.258 e. The number of likely N-dealkylation sites (tertiary alicyclic amines) is 1. The Morgan fingerprint density at radius 3 is 2.73 bits per heavy atom. The van der Waals surface area contributed by atoms with Crippen LogP contribution >= 0.6 is 0 Å². The maximum atomic E-state index is 11.8. The van der Waals surface area contributed by atoms with E-state index in [1.54, 1.807) is 0 Å². The van der Waals surface area contributed by atoms with Gasteiger partial charge >= 0.3 is 0 Å². The molecule has 0 radical (unpaired) electrons. The van der Waals surface area contributed by atoms with E-state index in [9.17, 15) is 4.79 Å². The predicted molar refractivity (Wildman–Crippen MR) is 119 cm³/mol. The van der Waals surface area contributed by atoms with Crippen molar-refractivity contribution in [3.8, 4) is 5.75 Å². The van der Waals surface area contributed by atoms with Gasteiger partial charge in [0.2, 0.25) is 0 Å². The molecule has 0 spiro atoms. The van der Waals surface area contributed by atoms with Crippen LogP contribution in [0.5, 0.6) is 5.75 Å². The first-order chi connectivity index (χ1) is 14.7. The maximum absolute atomic E-state index is 11.8. The molecule has 7 nitrogen and oxygen atoms in total. The molecule has 3 fully saturated rings. The fourth-order valence-corrected chi connectivity index (χ4v) is 4.47. The average Bonchev–Trinajstić information content (AvgIpc) is 3.20. The molecular weight excluding hydrogens is 378 g/mol. The highest BCUT2D eigenvalue weighted by Crippen LogP contribution is 2.26. The first kappa shape index (κ1) is 21.0. The van der Waals surface area contributed by atoms with E-state index in [0.717, 1.165) is 37.0 Å². The van der Waals surface area contributed by atoms with Crippen molar-refractivity contribution in [3.05, 3.63) is 29.8 Å². The molecule has 1 aliphatic heterocycles. The number of carbonyl (C=O) groups is 1. The molecule has 30 heavy (non-hydrogen) atoms. The Morgan fingerprint density at radius 1 is 1.13 bits per heavy atom. The first-order valence-corrected chi connectivity index (χ1v) is 11.4. The van der Waals surface area contributed by atoms with Crippen molar-refractivity contribution in [2.45, 2.75) is 69.6 Å². The fourth-order valence-electron chi connectivity index (χ4n) is 4.47. The number of nitrogens with zero attached hydrogens (tertiary/aromatic N) is 2. The van der Waals surface area contributed by atoms with Crippen LogP contribution in [0.4, 0.5) is 0 Å². The van der Waals surface area contributed by atoms with Gasteiger partial charge in [0.05, 0.1) is 0 Å². The first-order valence-electron chi connectivity index (χ1n) is 11.4. The van der Waals surface area contributed by atoms with E-state index in [2.05, 4.69) is 31.9 Å². The van der Waals surface area contributed by atoms with Crippen molar-refractivity contribution in [2.24, 2.45) is 4.99 Å². The summed E-state index contributed by atoms with van der Waals surface area (Å²) in [4.78, 5) is 18.8. The van der Waals surface area contributed by atoms with Gasteiger partial charge in [-0.1, -0.05) is 25.0 Å². The van der Waals surface area contributed by atoms with Gasteiger partial charge in [-0.25, -0.2) is 0 Å². The Bertz CT molecular complexity index is 743. The summed E-state index contributed by atoms with van der Waals surface area (Å²) in [5.41, 5.74) is 1.09. The smallest absolute Gasteiger partial charge is 0.258 e. The van der Waals surface area contributed by atoms with Gasteiger partial charge in [-0.2, -0.15) is 0 Å². The Balaban J connectivity index is 1.20. The predicted octanol–water partition coefficient (Wildman–Crippen LogP) is 2.03. The van der Waals surface area contributed by atoms with Gasteiger partial charge in [0.15, 0.2) is 12.6 Å². The van der Waals surface area contributed by atoms with E-state index < -0.39 is 0 Å². The highest BCUT2D eigenvalue weighted by atomic mass is 16.5. The molecule has 4 rings (SSSR count). The second kappa shape index (κ2) is 10.2. The normalized spacial score (nSPS) is 22.8. The van der Waals surface area contributed by atoms with Crippen molar-refractivity contribution < 1.29 is 9.53 Å². The van der Waals surface area contributed by atoms with E-state index in [4.69, 9.17) is 4.74 Å². The van der Waals surface area contributed by atoms with Crippen LogP contribution < -0.4 is 20.7 Å². The molecule has 164 valence electrons. The number of ether oxygens (including phenoxy) is 1. The van der Waals surface area contributed by atoms with Gasteiger partial charge < -0.3 is 20.7 Å². The lowest BCUT2D eigenvalue weighted by molar-refractivity contribution is -0.123. The van der Waals surface area contributed by atoms with Crippen LogP contribution in [-0.4, -0.2) is 61.6 Å². The molecule has 2 aliphatic carbocycles. The number of aliphatic imine (C=N–C) groups is 1. The van der Waals surface area contributed by atoms with Crippen LogP contribution in [0.1, 0.15) is 50.5 Å². The van der Waals surface area contributed by atoms with Crippen LogP contribution in [0.3, 0.4) is 0 Å². The van der Waals surface area contributed by atoms with Crippen LogP contribution in [0.25, 0.3) is 0 Å². The van der Waals surface area contributed by atoms with Crippen LogP contribution in [-0.2, 0) is 11.3 Å². The molecule has 3 aliphatic rings. The Morgan fingerprint density at radius 2 is 1.97 bits per heavy atom. The highest BCUT2D eigenvalue weighted by molar-refractivity contribution is 5.80. The van der Waals surface area contributed by atoms with Gasteiger partial charge in [0, 0.05) is 44.8 Å². The van der Waals surface area contributed by atoms with E-state index in [1.165, 1.54) is 38.6 Å². The number of amides is 1. The van der Waals surface area contributed by atoms with E-state index in [1.807, 2.05) is 25.2 Å². The summed E-state index contributed by atoms with van der Waals surface area (Å²) in [6.07, 6.45) is 8.83. The number of guanidine groups is 1. The molecule has 3 N–H and O–H groups in total. The van der Waals surface area contributed by atoms with E-state index >= 15 is 0 Å². The van der Waals surface area contributed by atoms with Gasteiger partial charge in [0.25, 0.3) is 5.91 Å². The fraction of sp³-hybridized carbons (Fsp3) is 0.652. The molecule has 7 heteroatoms. The number of nitrogens with one attached hydrogen (secondary N) is 3. The van der Waals surface area contributed by atoms with Gasteiger partial charge in [0.1, 0.15) is 5.75 Å². The molecule has 0 bridgehead atoms. The van der Waals surface area contributed by atoms with Crippen LogP contribution in [0.2, 0.25) is 0 Å². The highest BCUT2D eigenvalue weighted by Gasteiger charge is 2.30. The molecule has 2 saturated carbocycles. The quantitative estimate of drug-likeness (QED) is 0.449. The van der Waals surface area contributed by atoms with Gasteiger partial charge in [-0.15, -0.1) is 0 Å². The lowest BCUT2D eigenvalue weighted by atomic mass is 10.2. The third-order valence-corrected chi connectivity index (χ3v) is 6.30. The lowest BCUT2D eigenvalue weighted by Gasteiger charge is -2.24. The summed E-state index contributed by atoms with van der Waals surface area (Å²) >= 11 is 0. The summed E-state index contributed by atoms with van der Waals surface area (Å²) in [6.45, 7) is 3.02. The topological polar surface area (TPSA) is 78.0 Å². The summed E-state index contributed by atoms with van der Waals surface area (Å²) < 4.78 is 5.65. The molecule has 1 unspecified atom stereocenters. The van der Waals surface area contributed by atoms with Crippen molar-refractivity contribution in [1.29, 1.82) is 0 Å². The number of carbonyl (C=O) groups excluding carboxylic acids is 1. The lowest BCUT2D eigenvalue weighted by Crippen LogP contribution is -2.45. The second-order valence-corrected chi connectivity index (χ2v) is 8.77. The molecule has 1 aromatic carbocycles. The van der Waals surface area contributed by atoms with Crippen molar-refractivity contribution in [2.75, 3.05) is 26.7 Å². The summed E-state index contributed by atoms with van der Waals surface area (Å²) in [7, 11) is 1.82. The second-order valence-electron chi connectivity index (χ2n) is 8.77. The molecule has 1 atom stereocenters. The Labute approximate surface area is 179 Å². The van der Waals surface area contributed by atoms with E-state index in [0.29, 0.717) is 24.4 Å². The SMILES string of the molecule is CN=C(NCc1cccc(OCC(=O)NC2CC2)c1)NC1CCN(C2CCCC2)C1. The minimum Gasteiger partial charge on any atom is -0.484 e. The Kier molecular flexibility index (Phi) is 7.10. The molecule has 1 saturated heterocycles. The minimum atomic E-state index is -0.0474. The monoisotopic (exact) mass is 413 g/mol.